The Balaban J connectivity index is 3.63. The number of nitrogens with zero attached hydrogens (tertiary/aromatic N) is 1. The summed E-state index contributed by atoms with van der Waals surface area (Å²) >= 11 is 5.23. The minimum Gasteiger partial charge on any atom is -0.499 e. The third-order valence-electron chi connectivity index (χ3n) is 2.71. The van der Waals surface area contributed by atoms with Crippen molar-refractivity contribution in [2.24, 2.45) is 0 Å². The Morgan fingerprint density at radius 2 is 2.15 bits per heavy atom. The average molecular weight is 290 g/mol. The molecule has 0 aromatic carbocycles. The van der Waals surface area contributed by atoms with Crippen molar-refractivity contribution >= 4 is 24.4 Å². The molecular formula is C15H18N2O2S. The van der Waals surface area contributed by atoms with Gasteiger partial charge in [-0.1, -0.05) is 31.4 Å². The fraction of sp³-hybridized carbons (Fsp3) is 0.200. The molecule has 0 aliphatic rings. The van der Waals surface area contributed by atoms with Gasteiger partial charge >= 0.3 is 0 Å². The molecule has 0 saturated carbocycles. The van der Waals surface area contributed by atoms with Crippen LogP contribution in [0, 0.1) is 4.77 Å². The molecule has 1 N–H and O–H groups in total. The van der Waals surface area contributed by atoms with E-state index in [4.69, 9.17) is 17.0 Å². The second-order valence-corrected chi connectivity index (χ2v) is 4.30. The highest BCUT2D eigenvalue weighted by Crippen LogP contribution is 1.98. The van der Waals surface area contributed by atoms with Crippen LogP contribution >= 0.6 is 12.2 Å². The SMILES string of the molecule is C=C/C=C(/Cn1c(=S)[nH]c(=C/C)/c(=C\C=C)c1=O)OC. The van der Waals surface area contributed by atoms with E-state index in [1.54, 1.807) is 30.4 Å². The smallest absolute Gasteiger partial charge is 0.262 e. The van der Waals surface area contributed by atoms with Crippen LogP contribution in [0.2, 0.25) is 0 Å². The Bertz CT molecular complexity index is 767. The summed E-state index contributed by atoms with van der Waals surface area (Å²) in [5.74, 6) is 0.597. The van der Waals surface area contributed by atoms with Crippen LogP contribution in [0.25, 0.3) is 12.2 Å². The highest BCUT2D eigenvalue weighted by atomic mass is 32.1. The standard InChI is InChI=1S/C15H18N2O2S/c1-5-8-11(19-4)10-17-14(18)12(9-6-2)13(7-3)16-15(17)20/h5-9H,1-2,10H2,3-4H3,(H,16,20)/b11-8-,12-9+,13-7+. The third-order valence-corrected chi connectivity index (χ3v) is 3.03. The molecule has 0 fully saturated rings. The number of nitrogens with one attached hydrogen (secondary N) is 1. The molecule has 0 radical (unpaired) electrons. The molecule has 1 aromatic rings. The molecule has 106 valence electrons. The van der Waals surface area contributed by atoms with E-state index in [1.165, 1.54) is 11.7 Å². The molecule has 0 atom stereocenters. The lowest BCUT2D eigenvalue weighted by Gasteiger charge is -2.09. The van der Waals surface area contributed by atoms with E-state index in [0.29, 0.717) is 21.1 Å². The average Bonchev–Trinajstić information content (AvgIpc) is 2.45. The van der Waals surface area contributed by atoms with Crippen molar-refractivity contribution in [3.05, 3.63) is 62.8 Å². The van der Waals surface area contributed by atoms with Gasteiger partial charge in [0.15, 0.2) is 4.77 Å². The van der Waals surface area contributed by atoms with Gasteiger partial charge in [0.1, 0.15) is 5.76 Å². The first-order valence-electron chi connectivity index (χ1n) is 6.06. The molecule has 0 amide bonds. The van der Waals surface area contributed by atoms with Gasteiger partial charge < -0.3 is 9.72 Å². The maximum absolute atomic E-state index is 12.5. The van der Waals surface area contributed by atoms with Crippen molar-refractivity contribution in [1.29, 1.82) is 0 Å². The summed E-state index contributed by atoms with van der Waals surface area (Å²) in [6.45, 7) is 9.32. The Morgan fingerprint density at radius 1 is 1.45 bits per heavy atom. The van der Waals surface area contributed by atoms with Crippen LogP contribution in [0.15, 0.2) is 41.9 Å². The topological polar surface area (TPSA) is 47.0 Å². The number of hydrogen-bond donors (Lipinski definition) is 1. The lowest BCUT2D eigenvalue weighted by molar-refractivity contribution is 0.268. The van der Waals surface area contributed by atoms with Gasteiger partial charge in [0.05, 0.1) is 18.9 Å². The number of methoxy groups -OCH3 is 1. The molecule has 0 spiro atoms. The van der Waals surface area contributed by atoms with E-state index in [9.17, 15) is 4.79 Å². The van der Waals surface area contributed by atoms with E-state index in [1.807, 2.05) is 6.92 Å². The summed E-state index contributed by atoms with van der Waals surface area (Å²) in [7, 11) is 1.54. The van der Waals surface area contributed by atoms with E-state index >= 15 is 0 Å². The minimum atomic E-state index is -0.186. The van der Waals surface area contributed by atoms with Crippen molar-refractivity contribution in [1.82, 2.24) is 9.55 Å². The molecule has 0 saturated heterocycles. The van der Waals surface area contributed by atoms with Gasteiger partial charge in [0, 0.05) is 5.35 Å². The molecule has 4 nitrogen and oxygen atoms in total. The Kier molecular flexibility index (Phi) is 5.93. The number of allylic oxidation sites excluding steroid dienone is 4. The van der Waals surface area contributed by atoms with Gasteiger partial charge in [-0.15, -0.1) is 0 Å². The van der Waals surface area contributed by atoms with Gasteiger partial charge in [0.2, 0.25) is 0 Å². The lowest BCUT2D eigenvalue weighted by atomic mass is 10.3. The summed E-state index contributed by atoms with van der Waals surface area (Å²) in [5, 5.41) is 1.20. The van der Waals surface area contributed by atoms with Crippen molar-refractivity contribution in [3.8, 4) is 0 Å². The fourth-order valence-electron chi connectivity index (χ4n) is 1.73. The van der Waals surface area contributed by atoms with Crippen LogP contribution in [-0.2, 0) is 11.3 Å². The fourth-order valence-corrected chi connectivity index (χ4v) is 1.98. The van der Waals surface area contributed by atoms with Crippen LogP contribution in [0.4, 0.5) is 0 Å². The normalized spacial score (nSPS) is 13.4. The predicted octanol–water partition coefficient (Wildman–Crippen LogP) is 1.39. The maximum Gasteiger partial charge on any atom is 0.262 e. The van der Waals surface area contributed by atoms with E-state index in [-0.39, 0.29) is 12.1 Å². The third kappa shape index (κ3) is 3.45. The van der Waals surface area contributed by atoms with Gasteiger partial charge in [-0.2, -0.15) is 0 Å². The highest BCUT2D eigenvalue weighted by molar-refractivity contribution is 7.71. The molecule has 0 aliphatic heterocycles. The molecule has 0 unspecified atom stereocenters. The number of aromatic amines is 1. The zero-order chi connectivity index (χ0) is 15.1. The molecule has 0 aliphatic carbocycles. The summed E-state index contributed by atoms with van der Waals surface area (Å²) in [5.41, 5.74) is -0.186. The van der Waals surface area contributed by atoms with Gasteiger partial charge in [0.25, 0.3) is 5.56 Å². The summed E-state index contributed by atoms with van der Waals surface area (Å²) in [4.78, 5) is 15.5. The molecule has 1 heterocycles. The van der Waals surface area contributed by atoms with Crippen molar-refractivity contribution < 1.29 is 4.74 Å². The van der Waals surface area contributed by atoms with Crippen LogP contribution in [0.1, 0.15) is 6.92 Å². The molecule has 5 heteroatoms. The van der Waals surface area contributed by atoms with Crippen molar-refractivity contribution in [3.63, 3.8) is 0 Å². The van der Waals surface area contributed by atoms with Gasteiger partial charge in [-0.25, -0.2) is 0 Å². The largest absolute Gasteiger partial charge is 0.499 e. The minimum absolute atomic E-state index is 0.186. The van der Waals surface area contributed by atoms with Crippen LogP contribution in [-0.4, -0.2) is 16.7 Å². The second kappa shape index (κ2) is 7.45. The maximum atomic E-state index is 12.5. The molecule has 1 rings (SSSR count). The summed E-state index contributed by atoms with van der Waals surface area (Å²) < 4.78 is 6.98. The first kappa shape index (κ1) is 15.9. The number of H-pyrrole nitrogens is 1. The van der Waals surface area contributed by atoms with Gasteiger partial charge in [-0.3, -0.25) is 9.36 Å². The number of hydrogen-bond acceptors (Lipinski definition) is 3. The lowest BCUT2D eigenvalue weighted by Crippen LogP contribution is -2.47. The Morgan fingerprint density at radius 3 is 2.65 bits per heavy atom. The zero-order valence-corrected chi connectivity index (χ0v) is 12.5. The molecule has 20 heavy (non-hydrogen) atoms. The predicted molar refractivity (Wildman–Crippen MR) is 85.2 cm³/mol. The summed E-state index contributed by atoms with van der Waals surface area (Å²) in [6, 6.07) is 0. The van der Waals surface area contributed by atoms with E-state index < -0.39 is 0 Å². The second-order valence-electron chi connectivity index (χ2n) is 3.91. The summed E-state index contributed by atoms with van der Waals surface area (Å²) in [6.07, 6.45) is 8.32. The Hall–Kier alpha value is -2.14. The number of ether oxygens (including phenoxy) is 1. The highest BCUT2D eigenvalue weighted by Gasteiger charge is 2.05. The molecule has 0 bridgehead atoms. The number of aromatic nitrogens is 2. The monoisotopic (exact) mass is 290 g/mol. The van der Waals surface area contributed by atoms with Crippen LogP contribution < -0.4 is 16.1 Å². The number of rotatable bonds is 5. The van der Waals surface area contributed by atoms with Crippen molar-refractivity contribution in [2.75, 3.05) is 7.11 Å². The van der Waals surface area contributed by atoms with E-state index in [2.05, 4.69) is 18.1 Å². The van der Waals surface area contributed by atoms with Crippen LogP contribution in [0.5, 0.6) is 0 Å². The molecular weight excluding hydrogens is 272 g/mol. The van der Waals surface area contributed by atoms with Crippen molar-refractivity contribution in [2.45, 2.75) is 13.5 Å². The van der Waals surface area contributed by atoms with E-state index in [0.717, 1.165) is 0 Å². The Labute approximate surface area is 122 Å². The van der Waals surface area contributed by atoms with Gasteiger partial charge in [-0.05, 0) is 31.3 Å². The first-order chi connectivity index (χ1) is 9.58. The van der Waals surface area contributed by atoms with Crippen LogP contribution in [0.3, 0.4) is 0 Å². The quantitative estimate of drug-likeness (QED) is 0.506. The zero-order valence-electron chi connectivity index (χ0n) is 11.7. The first-order valence-corrected chi connectivity index (χ1v) is 6.47. The molecule has 1 aromatic heterocycles.